The van der Waals surface area contributed by atoms with Gasteiger partial charge in [0.2, 0.25) is 21.8 Å². The first-order valence-corrected chi connectivity index (χ1v) is 17.1. The van der Waals surface area contributed by atoms with Crippen LogP contribution in [0.25, 0.3) is 0 Å². The normalized spacial score (nSPS) is 14.0. The fraction of sp³-hybridized carbons (Fsp3) is 0.278. The van der Waals surface area contributed by atoms with Gasteiger partial charge in [-0.2, -0.15) is 0 Å². The summed E-state index contributed by atoms with van der Waals surface area (Å²) in [7, 11) is -3.87. The number of anilines is 1. The quantitative estimate of drug-likeness (QED) is 0.198. The van der Waals surface area contributed by atoms with Crippen molar-refractivity contribution < 1.29 is 22.7 Å². The van der Waals surface area contributed by atoms with Crippen molar-refractivity contribution in [3.63, 3.8) is 0 Å². The summed E-state index contributed by atoms with van der Waals surface area (Å²) >= 11 is 0. The summed E-state index contributed by atoms with van der Waals surface area (Å²) in [6, 6.07) is 34.1. The van der Waals surface area contributed by atoms with E-state index < -0.39 is 28.5 Å². The lowest BCUT2D eigenvalue weighted by atomic mass is 10.0. The average Bonchev–Trinajstić information content (AvgIpc) is 3.56. The van der Waals surface area contributed by atoms with Crippen molar-refractivity contribution in [2.24, 2.45) is 0 Å². The van der Waals surface area contributed by atoms with E-state index in [0.717, 1.165) is 47.4 Å². The maximum atomic E-state index is 14.3. The second-order valence-electron chi connectivity index (χ2n) is 11.4. The minimum atomic E-state index is -3.87. The molecule has 5 rings (SSSR count). The summed E-state index contributed by atoms with van der Waals surface area (Å²) in [5, 5.41) is 3.18. The molecule has 0 aliphatic heterocycles. The largest absolute Gasteiger partial charge is 0.457 e. The van der Waals surface area contributed by atoms with Gasteiger partial charge < -0.3 is 15.0 Å². The predicted octanol–water partition coefficient (Wildman–Crippen LogP) is 5.94. The van der Waals surface area contributed by atoms with E-state index in [1.54, 1.807) is 24.3 Å². The van der Waals surface area contributed by atoms with Gasteiger partial charge in [-0.3, -0.25) is 13.9 Å². The third kappa shape index (κ3) is 8.95. The van der Waals surface area contributed by atoms with E-state index in [1.165, 1.54) is 4.90 Å². The standard InChI is InChI=1S/C36H39N3O5S/c1-45(42,43)39(31-21-23-33(24-22-31)44-32-19-9-4-10-20-32)27-35(40)38(26-29-15-7-3-8-16-29)34(25-28-13-5-2-6-14-28)36(41)37-30-17-11-12-18-30/h2-10,13-16,19-24,30,34H,11-12,17-18,25-27H2,1H3,(H,37,41)/t34-/m1/s1. The molecule has 0 radical (unpaired) electrons. The van der Waals surface area contributed by atoms with Gasteiger partial charge in [-0.25, -0.2) is 8.42 Å². The highest BCUT2D eigenvalue weighted by Crippen LogP contribution is 2.26. The Hall–Kier alpha value is -4.63. The molecule has 1 atom stereocenters. The molecule has 0 aromatic heterocycles. The highest BCUT2D eigenvalue weighted by Gasteiger charge is 2.34. The van der Waals surface area contributed by atoms with Gasteiger partial charge in [0, 0.05) is 19.0 Å². The summed E-state index contributed by atoms with van der Waals surface area (Å²) < 4.78 is 33.1. The zero-order valence-electron chi connectivity index (χ0n) is 25.4. The van der Waals surface area contributed by atoms with Crippen LogP contribution in [0.1, 0.15) is 36.8 Å². The van der Waals surface area contributed by atoms with Crippen LogP contribution in [-0.2, 0) is 32.6 Å². The molecule has 1 saturated carbocycles. The van der Waals surface area contributed by atoms with Crippen LogP contribution in [0.3, 0.4) is 0 Å². The van der Waals surface area contributed by atoms with Crippen LogP contribution >= 0.6 is 0 Å². The maximum Gasteiger partial charge on any atom is 0.244 e. The van der Waals surface area contributed by atoms with Crippen LogP contribution in [0.4, 0.5) is 5.69 Å². The van der Waals surface area contributed by atoms with Crippen LogP contribution in [0, 0.1) is 0 Å². The van der Waals surface area contributed by atoms with E-state index in [4.69, 9.17) is 4.74 Å². The van der Waals surface area contributed by atoms with Crippen LogP contribution in [-0.4, -0.2) is 50.0 Å². The van der Waals surface area contributed by atoms with Gasteiger partial charge in [-0.15, -0.1) is 0 Å². The third-order valence-electron chi connectivity index (χ3n) is 7.95. The van der Waals surface area contributed by atoms with Crippen molar-refractivity contribution in [3.8, 4) is 11.5 Å². The monoisotopic (exact) mass is 625 g/mol. The second-order valence-corrected chi connectivity index (χ2v) is 13.3. The number of carbonyl (C=O) groups excluding carboxylic acids is 2. The lowest BCUT2D eigenvalue weighted by Crippen LogP contribution is -2.54. The molecule has 0 bridgehead atoms. The van der Waals surface area contributed by atoms with Gasteiger partial charge in [0.1, 0.15) is 24.1 Å². The number of nitrogens with one attached hydrogen (secondary N) is 1. The first-order valence-electron chi connectivity index (χ1n) is 15.2. The fourth-order valence-corrected chi connectivity index (χ4v) is 6.47. The Balaban J connectivity index is 1.44. The number of nitrogens with zero attached hydrogens (tertiary/aromatic N) is 2. The Morgan fingerprint density at radius 1 is 0.778 bits per heavy atom. The molecule has 9 heteroatoms. The number of hydrogen-bond donors (Lipinski definition) is 1. The molecule has 1 aliphatic rings. The van der Waals surface area contributed by atoms with Crippen molar-refractivity contribution in [2.75, 3.05) is 17.1 Å². The Labute approximate surface area is 265 Å². The smallest absolute Gasteiger partial charge is 0.244 e. The van der Waals surface area contributed by atoms with E-state index in [1.807, 2.05) is 91.0 Å². The van der Waals surface area contributed by atoms with Crippen molar-refractivity contribution in [1.29, 1.82) is 0 Å². The van der Waals surface area contributed by atoms with Crippen molar-refractivity contribution in [2.45, 2.75) is 50.7 Å². The molecule has 1 aliphatic carbocycles. The lowest BCUT2D eigenvalue weighted by Gasteiger charge is -2.34. The number of benzene rings is 4. The molecule has 4 aromatic carbocycles. The van der Waals surface area contributed by atoms with E-state index >= 15 is 0 Å². The van der Waals surface area contributed by atoms with Gasteiger partial charge in [-0.05, 0) is 60.4 Å². The Morgan fingerprint density at radius 2 is 1.31 bits per heavy atom. The van der Waals surface area contributed by atoms with Crippen molar-refractivity contribution in [3.05, 3.63) is 126 Å². The molecule has 0 spiro atoms. The summed E-state index contributed by atoms with van der Waals surface area (Å²) in [4.78, 5) is 29.7. The Kier molecular flexibility index (Phi) is 10.5. The van der Waals surface area contributed by atoms with Crippen LogP contribution in [0.15, 0.2) is 115 Å². The molecular weight excluding hydrogens is 586 g/mol. The highest BCUT2D eigenvalue weighted by molar-refractivity contribution is 7.92. The molecule has 0 saturated heterocycles. The summed E-state index contributed by atoms with van der Waals surface area (Å²) in [6.07, 6.45) is 5.29. The predicted molar refractivity (Wildman–Crippen MR) is 176 cm³/mol. The number of ether oxygens (including phenoxy) is 1. The molecule has 8 nitrogen and oxygen atoms in total. The number of amides is 2. The number of carbonyl (C=O) groups is 2. The topological polar surface area (TPSA) is 96.0 Å². The SMILES string of the molecule is CS(=O)(=O)N(CC(=O)N(Cc1ccccc1)[C@H](Cc1ccccc1)C(=O)NC1CCCC1)c1ccc(Oc2ccccc2)cc1. The number of para-hydroxylation sites is 1. The Morgan fingerprint density at radius 3 is 1.89 bits per heavy atom. The summed E-state index contributed by atoms with van der Waals surface area (Å²) in [5.74, 6) is 0.471. The molecule has 2 amide bonds. The Bertz CT molecular complexity index is 1640. The molecule has 0 unspecified atom stereocenters. The van der Waals surface area contributed by atoms with Crippen LogP contribution in [0.2, 0.25) is 0 Å². The zero-order chi connectivity index (χ0) is 31.6. The maximum absolute atomic E-state index is 14.3. The van der Waals surface area contributed by atoms with E-state index in [9.17, 15) is 18.0 Å². The minimum Gasteiger partial charge on any atom is -0.457 e. The van der Waals surface area contributed by atoms with Gasteiger partial charge >= 0.3 is 0 Å². The second kappa shape index (κ2) is 14.9. The first kappa shape index (κ1) is 31.8. The van der Waals surface area contributed by atoms with E-state index in [2.05, 4.69) is 5.32 Å². The number of sulfonamides is 1. The fourth-order valence-electron chi connectivity index (χ4n) is 5.62. The number of rotatable bonds is 13. The minimum absolute atomic E-state index is 0.0635. The molecule has 45 heavy (non-hydrogen) atoms. The van der Waals surface area contributed by atoms with E-state index in [0.29, 0.717) is 23.6 Å². The van der Waals surface area contributed by atoms with Crippen molar-refractivity contribution in [1.82, 2.24) is 10.2 Å². The first-order chi connectivity index (χ1) is 21.8. The lowest BCUT2D eigenvalue weighted by molar-refractivity contribution is -0.140. The molecule has 1 fully saturated rings. The van der Waals surface area contributed by atoms with E-state index in [-0.39, 0.29) is 18.5 Å². The average molecular weight is 626 g/mol. The molecule has 0 heterocycles. The van der Waals surface area contributed by atoms with Gasteiger partial charge in [0.15, 0.2) is 0 Å². The molecule has 234 valence electrons. The van der Waals surface area contributed by atoms with Gasteiger partial charge in [0.25, 0.3) is 0 Å². The zero-order valence-corrected chi connectivity index (χ0v) is 26.2. The summed E-state index contributed by atoms with van der Waals surface area (Å²) in [6.45, 7) is -0.316. The van der Waals surface area contributed by atoms with Gasteiger partial charge in [-0.1, -0.05) is 91.7 Å². The highest BCUT2D eigenvalue weighted by atomic mass is 32.2. The molecular formula is C36H39N3O5S. The van der Waals surface area contributed by atoms with Crippen LogP contribution in [0.5, 0.6) is 11.5 Å². The molecule has 4 aromatic rings. The van der Waals surface area contributed by atoms with Gasteiger partial charge in [0.05, 0.1) is 11.9 Å². The molecule has 1 N–H and O–H groups in total. The summed E-state index contributed by atoms with van der Waals surface area (Å²) in [5.41, 5.74) is 2.07. The third-order valence-corrected chi connectivity index (χ3v) is 9.09. The van der Waals surface area contributed by atoms with Crippen LogP contribution < -0.4 is 14.4 Å². The van der Waals surface area contributed by atoms with Crippen molar-refractivity contribution >= 4 is 27.5 Å². The number of hydrogen-bond acceptors (Lipinski definition) is 5.